The van der Waals surface area contributed by atoms with Crippen molar-refractivity contribution >= 4 is 15.9 Å². The lowest BCUT2D eigenvalue weighted by Gasteiger charge is -2.04. The van der Waals surface area contributed by atoms with Crippen LogP contribution in [0.4, 0.5) is 4.39 Å². The van der Waals surface area contributed by atoms with Gasteiger partial charge in [-0.2, -0.15) is 0 Å². The van der Waals surface area contributed by atoms with Crippen LogP contribution in [0.15, 0.2) is 22.7 Å². The second-order valence-electron chi connectivity index (χ2n) is 4.31. The van der Waals surface area contributed by atoms with Crippen molar-refractivity contribution in [1.29, 1.82) is 0 Å². The SMILES string of the molecule is CCCNCCCCCc1ccc(F)c(Br)c1. The number of halogens is 2. The van der Waals surface area contributed by atoms with E-state index in [1.54, 1.807) is 0 Å². The predicted octanol–water partition coefficient (Wildman–Crippen LogP) is 4.30. The molecular formula is C14H21BrFN. The molecule has 1 aromatic carbocycles. The van der Waals surface area contributed by atoms with Crippen LogP contribution in [0.1, 0.15) is 38.2 Å². The highest BCUT2D eigenvalue weighted by Crippen LogP contribution is 2.18. The van der Waals surface area contributed by atoms with Gasteiger partial charge in [-0.1, -0.05) is 19.4 Å². The molecule has 1 rings (SSSR count). The highest BCUT2D eigenvalue weighted by atomic mass is 79.9. The van der Waals surface area contributed by atoms with Crippen LogP contribution in [0, 0.1) is 5.82 Å². The van der Waals surface area contributed by atoms with E-state index in [1.165, 1.54) is 37.3 Å². The van der Waals surface area contributed by atoms with Crippen LogP contribution < -0.4 is 5.32 Å². The molecule has 1 nitrogen and oxygen atoms in total. The fourth-order valence-corrected chi connectivity index (χ4v) is 2.18. The number of rotatable bonds is 8. The van der Waals surface area contributed by atoms with Crippen molar-refractivity contribution in [2.45, 2.75) is 39.0 Å². The van der Waals surface area contributed by atoms with E-state index in [1.807, 2.05) is 12.1 Å². The maximum absolute atomic E-state index is 13.0. The topological polar surface area (TPSA) is 12.0 Å². The van der Waals surface area contributed by atoms with E-state index in [-0.39, 0.29) is 5.82 Å². The summed E-state index contributed by atoms with van der Waals surface area (Å²) >= 11 is 3.21. The number of hydrogen-bond donors (Lipinski definition) is 1. The van der Waals surface area contributed by atoms with Gasteiger partial charge in [-0.25, -0.2) is 4.39 Å². The monoisotopic (exact) mass is 301 g/mol. The molecular weight excluding hydrogens is 281 g/mol. The third-order valence-corrected chi connectivity index (χ3v) is 3.34. The van der Waals surface area contributed by atoms with Gasteiger partial charge in [-0.15, -0.1) is 0 Å². The second-order valence-corrected chi connectivity index (χ2v) is 5.16. The summed E-state index contributed by atoms with van der Waals surface area (Å²) < 4.78 is 13.6. The summed E-state index contributed by atoms with van der Waals surface area (Å²) in [6, 6.07) is 5.28. The Morgan fingerprint density at radius 1 is 1.18 bits per heavy atom. The fourth-order valence-electron chi connectivity index (χ4n) is 1.75. The molecule has 17 heavy (non-hydrogen) atoms. The first-order chi connectivity index (χ1) is 8.24. The normalized spacial score (nSPS) is 10.8. The number of hydrogen-bond acceptors (Lipinski definition) is 1. The van der Waals surface area contributed by atoms with E-state index < -0.39 is 0 Å². The smallest absolute Gasteiger partial charge is 0.137 e. The molecule has 0 heterocycles. The molecule has 0 bridgehead atoms. The van der Waals surface area contributed by atoms with Gasteiger partial charge in [-0.3, -0.25) is 0 Å². The first-order valence-electron chi connectivity index (χ1n) is 6.38. The van der Waals surface area contributed by atoms with Crippen LogP contribution in [0.5, 0.6) is 0 Å². The van der Waals surface area contributed by atoms with Crippen LogP contribution in [0.3, 0.4) is 0 Å². The van der Waals surface area contributed by atoms with Crippen molar-refractivity contribution < 1.29 is 4.39 Å². The van der Waals surface area contributed by atoms with Gasteiger partial charge in [0.1, 0.15) is 5.82 Å². The number of benzene rings is 1. The molecule has 0 radical (unpaired) electrons. The maximum Gasteiger partial charge on any atom is 0.137 e. The molecule has 0 aliphatic heterocycles. The molecule has 0 aliphatic rings. The molecule has 96 valence electrons. The van der Waals surface area contributed by atoms with Crippen LogP contribution in [-0.4, -0.2) is 13.1 Å². The van der Waals surface area contributed by atoms with E-state index in [4.69, 9.17) is 0 Å². The second kappa shape index (κ2) is 8.65. The summed E-state index contributed by atoms with van der Waals surface area (Å²) in [4.78, 5) is 0. The van der Waals surface area contributed by atoms with Gasteiger partial charge >= 0.3 is 0 Å². The quantitative estimate of drug-likeness (QED) is 0.706. The molecule has 0 unspecified atom stereocenters. The zero-order valence-corrected chi connectivity index (χ0v) is 12.0. The van der Waals surface area contributed by atoms with Crippen molar-refractivity contribution in [2.24, 2.45) is 0 Å². The highest BCUT2D eigenvalue weighted by Gasteiger charge is 2.00. The molecule has 0 fully saturated rings. The summed E-state index contributed by atoms with van der Waals surface area (Å²) in [5.74, 6) is -0.183. The van der Waals surface area contributed by atoms with Crippen molar-refractivity contribution in [2.75, 3.05) is 13.1 Å². The minimum atomic E-state index is -0.183. The summed E-state index contributed by atoms with van der Waals surface area (Å²) in [5.41, 5.74) is 1.21. The van der Waals surface area contributed by atoms with Crippen molar-refractivity contribution in [1.82, 2.24) is 5.32 Å². The van der Waals surface area contributed by atoms with Crippen LogP contribution >= 0.6 is 15.9 Å². The van der Waals surface area contributed by atoms with E-state index in [0.717, 1.165) is 19.5 Å². The predicted molar refractivity (Wildman–Crippen MR) is 74.8 cm³/mol. The lowest BCUT2D eigenvalue weighted by molar-refractivity contribution is 0.597. The van der Waals surface area contributed by atoms with Crippen molar-refractivity contribution in [3.8, 4) is 0 Å². The average molecular weight is 302 g/mol. The molecule has 1 N–H and O–H groups in total. The zero-order chi connectivity index (χ0) is 12.5. The van der Waals surface area contributed by atoms with Crippen molar-refractivity contribution in [3.63, 3.8) is 0 Å². The van der Waals surface area contributed by atoms with Gasteiger partial charge in [0.15, 0.2) is 0 Å². The number of unbranched alkanes of at least 4 members (excludes halogenated alkanes) is 2. The Balaban J connectivity index is 2.11. The minimum absolute atomic E-state index is 0.183. The van der Waals surface area contributed by atoms with Gasteiger partial charge in [0.2, 0.25) is 0 Å². The molecule has 0 amide bonds. The van der Waals surface area contributed by atoms with E-state index in [9.17, 15) is 4.39 Å². The molecule has 3 heteroatoms. The fraction of sp³-hybridized carbons (Fsp3) is 0.571. The van der Waals surface area contributed by atoms with Crippen LogP contribution in [0.2, 0.25) is 0 Å². The lowest BCUT2D eigenvalue weighted by Crippen LogP contribution is -2.15. The molecule has 0 saturated carbocycles. The number of aryl methyl sites for hydroxylation is 1. The standard InChI is InChI=1S/C14H21BrFN/c1-2-9-17-10-5-3-4-6-12-7-8-14(16)13(15)11-12/h7-8,11,17H,2-6,9-10H2,1H3. The van der Waals surface area contributed by atoms with E-state index in [2.05, 4.69) is 28.2 Å². The number of nitrogens with one attached hydrogen (secondary N) is 1. The lowest BCUT2D eigenvalue weighted by atomic mass is 10.1. The van der Waals surface area contributed by atoms with Gasteiger partial charge < -0.3 is 5.32 Å². The molecule has 0 atom stereocenters. The first kappa shape index (κ1) is 14.7. The Labute approximate surface area is 112 Å². The highest BCUT2D eigenvalue weighted by molar-refractivity contribution is 9.10. The largest absolute Gasteiger partial charge is 0.317 e. The molecule has 0 aliphatic carbocycles. The Morgan fingerprint density at radius 3 is 2.71 bits per heavy atom. The first-order valence-corrected chi connectivity index (χ1v) is 7.18. The maximum atomic E-state index is 13.0. The Morgan fingerprint density at radius 2 is 2.00 bits per heavy atom. The Kier molecular flexibility index (Phi) is 7.45. The zero-order valence-electron chi connectivity index (χ0n) is 10.4. The third kappa shape index (κ3) is 6.18. The van der Waals surface area contributed by atoms with Crippen LogP contribution in [-0.2, 0) is 6.42 Å². The molecule has 0 saturated heterocycles. The van der Waals surface area contributed by atoms with Gasteiger partial charge in [0, 0.05) is 0 Å². The van der Waals surface area contributed by atoms with E-state index in [0.29, 0.717) is 4.47 Å². The van der Waals surface area contributed by atoms with Crippen molar-refractivity contribution in [3.05, 3.63) is 34.1 Å². The Bertz CT molecular complexity index is 328. The van der Waals surface area contributed by atoms with Crippen LogP contribution in [0.25, 0.3) is 0 Å². The summed E-state index contributed by atoms with van der Waals surface area (Å²) in [6.07, 6.45) is 5.86. The third-order valence-electron chi connectivity index (χ3n) is 2.73. The summed E-state index contributed by atoms with van der Waals surface area (Å²) in [7, 11) is 0. The molecule has 0 spiro atoms. The Hall–Kier alpha value is -0.410. The molecule has 1 aromatic rings. The average Bonchev–Trinajstić information content (AvgIpc) is 2.32. The summed E-state index contributed by atoms with van der Waals surface area (Å²) in [6.45, 7) is 4.41. The summed E-state index contributed by atoms with van der Waals surface area (Å²) in [5, 5.41) is 3.39. The minimum Gasteiger partial charge on any atom is -0.317 e. The van der Waals surface area contributed by atoms with Gasteiger partial charge in [0.05, 0.1) is 4.47 Å². The van der Waals surface area contributed by atoms with Gasteiger partial charge in [-0.05, 0) is 72.4 Å². The molecule has 0 aromatic heterocycles. The van der Waals surface area contributed by atoms with Gasteiger partial charge in [0.25, 0.3) is 0 Å². The van der Waals surface area contributed by atoms with E-state index >= 15 is 0 Å².